The summed E-state index contributed by atoms with van der Waals surface area (Å²) >= 11 is 8.47. The number of hydrogen-bond acceptors (Lipinski definition) is 6. The van der Waals surface area contributed by atoms with Crippen LogP contribution >= 0.6 is 34.7 Å². The maximum Gasteiger partial charge on any atom is 0.253 e. The Balaban J connectivity index is 1.66. The Morgan fingerprint density at radius 3 is 3.00 bits per heavy atom. The minimum Gasteiger partial charge on any atom is -0.506 e. The monoisotopic (exact) mass is 381 g/mol. The number of aromatic nitrogens is 2. The molecule has 0 spiro atoms. The number of thiazole rings is 1. The number of carbonyl (C=O) groups is 1. The van der Waals surface area contributed by atoms with Crippen LogP contribution in [0.15, 0.2) is 33.4 Å². The van der Waals surface area contributed by atoms with Gasteiger partial charge in [0.05, 0.1) is 5.75 Å². The van der Waals surface area contributed by atoms with Crippen LogP contribution in [0.1, 0.15) is 5.56 Å². The number of aromatic amines is 1. The number of anilines is 1. The first-order chi connectivity index (χ1) is 11.4. The second-order valence-corrected chi connectivity index (χ2v) is 7.61. The van der Waals surface area contributed by atoms with Crippen LogP contribution in [0.3, 0.4) is 0 Å². The number of benzene rings is 1. The quantitative estimate of drug-likeness (QED) is 0.602. The molecule has 0 aliphatic carbocycles. The Morgan fingerprint density at radius 1 is 1.46 bits per heavy atom. The number of nitrogens with zero attached hydrogens (tertiary/aromatic N) is 1. The topological polar surface area (TPSA) is 95.1 Å². The molecule has 3 N–H and O–H groups in total. The molecule has 0 unspecified atom stereocenters. The highest BCUT2D eigenvalue weighted by Crippen LogP contribution is 2.32. The number of H-pyrrole nitrogens is 1. The van der Waals surface area contributed by atoms with Crippen molar-refractivity contribution in [1.29, 1.82) is 0 Å². The van der Waals surface area contributed by atoms with Gasteiger partial charge in [-0.3, -0.25) is 9.59 Å². The van der Waals surface area contributed by atoms with Gasteiger partial charge in [0.25, 0.3) is 5.56 Å². The lowest BCUT2D eigenvalue weighted by Gasteiger charge is -2.06. The second kappa shape index (κ2) is 6.84. The third-order valence-electron chi connectivity index (χ3n) is 3.13. The predicted octanol–water partition coefficient (Wildman–Crippen LogP) is 3.38. The molecule has 0 aliphatic heterocycles. The van der Waals surface area contributed by atoms with Crippen LogP contribution in [0.5, 0.6) is 5.75 Å². The highest BCUT2D eigenvalue weighted by molar-refractivity contribution is 8.01. The predicted molar refractivity (Wildman–Crippen MR) is 97.4 cm³/mol. The zero-order chi connectivity index (χ0) is 17.3. The van der Waals surface area contributed by atoms with E-state index in [0.29, 0.717) is 25.4 Å². The molecule has 124 valence electrons. The van der Waals surface area contributed by atoms with E-state index < -0.39 is 5.56 Å². The first kappa shape index (κ1) is 16.8. The van der Waals surface area contributed by atoms with Crippen LogP contribution < -0.4 is 10.9 Å². The normalized spacial score (nSPS) is 10.9. The molecule has 1 amide bonds. The first-order valence-electron chi connectivity index (χ1n) is 6.84. The van der Waals surface area contributed by atoms with Crippen molar-refractivity contribution in [2.45, 2.75) is 11.3 Å². The summed E-state index contributed by atoms with van der Waals surface area (Å²) in [5.74, 6) is -0.162. The van der Waals surface area contributed by atoms with Gasteiger partial charge in [0, 0.05) is 16.8 Å². The molecule has 0 bridgehead atoms. The van der Waals surface area contributed by atoms with E-state index in [4.69, 9.17) is 11.6 Å². The fraction of sp³-hybridized carbons (Fsp3) is 0.133. The summed E-state index contributed by atoms with van der Waals surface area (Å²) in [6.07, 6.45) is 0. The Hall–Kier alpha value is -2.03. The lowest BCUT2D eigenvalue weighted by molar-refractivity contribution is -0.113. The fourth-order valence-electron chi connectivity index (χ4n) is 1.96. The highest BCUT2D eigenvalue weighted by atomic mass is 35.5. The number of aryl methyl sites for hydroxylation is 1. The Labute approximate surface area is 149 Å². The summed E-state index contributed by atoms with van der Waals surface area (Å²) in [6.45, 7) is 1.89. The second-order valence-electron chi connectivity index (χ2n) is 4.98. The number of hydrogen-bond donors (Lipinski definition) is 3. The van der Waals surface area contributed by atoms with Gasteiger partial charge in [-0.25, -0.2) is 4.98 Å². The summed E-state index contributed by atoms with van der Waals surface area (Å²) in [6, 6.07) is 6.41. The molecular formula is C15H12ClN3O3S2. The molecule has 3 rings (SSSR count). The summed E-state index contributed by atoms with van der Waals surface area (Å²) in [5.41, 5.74) is 1.46. The molecule has 24 heavy (non-hydrogen) atoms. The smallest absolute Gasteiger partial charge is 0.253 e. The molecule has 1 aromatic carbocycles. The average Bonchev–Trinajstić information content (AvgIpc) is 2.92. The average molecular weight is 382 g/mol. The van der Waals surface area contributed by atoms with Gasteiger partial charge < -0.3 is 15.4 Å². The van der Waals surface area contributed by atoms with E-state index >= 15 is 0 Å². The number of nitrogens with one attached hydrogen (secondary N) is 2. The van der Waals surface area contributed by atoms with Gasteiger partial charge in [-0.1, -0.05) is 29.4 Å². The van der Waals surface area contributed by atoms with Crippen molar-refractivity contribution in [2.75, 3.05) is 11.1 Å². The zero-order valence-corrected chi connectivity index (χ0v) is 14.8. The van der Waals surface area contributed by atoms with E-state index in [0.717, 1.165) is 11.6 Å². The molecule has 0 aliphatic rings. The molecule has 3 aromatic rings. The molecule has 0 fully saturated rings. The number of pyridine rings is 1. The molecule has 0 saturated carbocycles. The van der Waals surface area contributed by atoms with Gasteiger partial charge in [0.2, 0.25) is 5.91 Å². The van der Waals surface area contributed by atoms with Gasteiger partial charge in [0.15, 0.2) is 9.99 Å². The summed E-state index contributed by atoms with van der Waals surface area (Å²) in [4.78, 5) is 30.1. The van der Waals surface area contributed by atoms with E-state index in [9.17, 15) is 14.7 Å². The van der Waals surface area contributed by atoms with Gasteiger partial charge in [-0.15, -0.1) is 11.3 Å². The number of fused-ring (bicyclic) bond motifs is 1. The largest absolute Gasteiger partial charge is 0.506 e. The number of thioether (sulfide) groups is 1. The zero-order valence-electron chi connectivity index (χ0n) is 12.4. The molecule has 9 heteroatoms. The van der Waals surface area contributed by atoms with Gasteiger partial charge >= 0.3 is 0 Å². The SMILES string of the molecule is Cc1ccc(NC(=O)CSc2nc3[nH]c(=O)cc(O)c3s2)cc1Cl. The van der Waals surface area contributed by atoms with E-state index in [1.165, 1.54) is 23.1 Å². The lowest BCUT2D eigenvalue weighted by Crippen LogP contribution is -2.13. The highest BCUT2D eigenvalue weighted by Gasteiger charge is 2.12. The number of aromatic hydroxyl groups is 1. The third-order valence-corrected chi connectivity index (χ3v) is 5.76. The molecule has 0 radical (unpaired) electrons. The van der Waals surface area contributed by atoms with Gasteiger partial charge in [0.1, 0.15) is 10.4 Å². The van der Waals surface area contributed by atoms with E-state index in [1.807, 2.05) is 13.0 Å². The number of amides is 1. The first-order valence-corrected chi connectivity index (χ1v) is 9.02. The minimum absolute atomic E-state index is 0.114. The van der Waals surface area contributed by atoms with Crippen molar-refractivity contribution < 1.29 is 9.90 Å². The van der Waals surface area contributed by atoms with Crippen LogP contribution in [0.25, 0.3) is 10.3 Å². The lowest BCUT2D eigenvalue weighted by atomic mass is 10.2. The van der Waals surface area contributed by atoms with Crippen molar-refractivity contribution in [3.63, 3.8) is 0 Å². The van der Waals surface area contributed by atoms with Crippen LogP contribution in [-0.4, -0.2) is 26.7 Å². The maximum absolute atomic E-state index is 12.0. The van der Waals surface area contributed by atoms with Crippen LogP contribution in [-0.2, 0) is 4.79 Å². The Bertz CT molecular complexity index is 984. The molecule has 2 heterocycles. The molecule has 0 atom stereocenters. The van der Waals surface area contributed by atoms with Crippen molar-refractivity contribution >= 4 is 56.6 Å². The van der Waals surface area contributed by atoms with Crippen molar-refractivity contribution in [3.05, 3.63) is 45.2 Å². The minimum atomic E-state index is -0.421. The van der Waals surface area contributed by atoms with Crippen molar-refractivity contribution in [3.8, 4) is 5.75 Å². The molecular weight excluding hydrogens is 370 g/mol. The van der Waals surface area contributed by atoms with E-state index in [-0.39, 0.29) is 17.4 Å². The van der Waals surface area contributed by atoms with Gasteiger partial charge in [-0.05, 0) is 24.6 Å². The molecule has 2 aromatic heterocycles. The molecule has 6 nitrogen and oxygen atoms in total. The Morgan fingerprint density at radius 2 is 2.25 bits per heavy atom. The summed E-state index contributed by atoms with van der Waals surface area (Å²) < 4.78 is 1.07. The van der Waals surface area contributed by atoms with Crippen LogP contribution in [0.2, 0.25) is 5.02 Å². The standard InChI is InChI=1S/C15H12ClN3O3S2/c1-7-2-3-8(4-9(7)16)17-12(22)6-23-15-19-14-13(24-15)10(20)5-11(21)18-14/h2-5H,6H2,1H3,(H,17,22)(H2,18,20,21). The van der Waals surface area contributed by atoms with E-state index in [1.54, 1.807) is 12.1 Å². The van der Waals surface area contributed by atoms with Crippen molar-refractivity contribution in [2.24, 2.45) is 0 Å². The summed E-state index contributed by atoms with van der Waals surface area (Å²) in [5, 5.41) is 13.1. The molecule has 0 saturated heterocycles. The fourth-order valence-corrected chi connectivity index (χ4v) is 3.95. The number of rotatable bonds is 4. The third kappa shape index (κ3) is 3.72. The van der Waals surface area contributed by atoms with Crippen LogP contribution in [0.4, 0.5) is 5.69 Å². The van der Waals surface area contributed by atoms with E-state index in [2.05, 4.69) is 15.3 Å². The van der Waals surface area contributed by atoms with Crippen LogP contribution in [0, 0.1) is 6.92 Å². The summed E-state index contributed by atoms with van der Waals surface area (Å²) in [7, 11) is 0. The number of carbonyl (C=O) groups excluding carboxylic acids is 1. The Kier molecular flexibility index (Phi) is 4.79. The van der Waals surface area contributed by atoms with Crippen molar-refractivity contribution in [1.82, 2.24) is 9.97 Å². The number of halogens is 1. The maximum atomic E-state index is 12.0. The van der Waals surface area contributed by atoms with Gasteiger partial charge in [-0.2, -0.15) is 0 Å².